The number of fused-ring (bicyclic) bond motifs is 1. The molecule has 41 heavy (non-hydrogen) atoms. The van der Waals surface area contributed by atoms with Crippen LogP contribution in [0.2, 0.25) is 0 Å². The zero-order valence-electron chi connectivity index (χ0n) is 23.8. The average molecular weight is 578 g/mol. The van der Waals surface area contributed by atoms with E-state index in [-0.39, 0.29) is 68.8 Å². The smallest absolute Gasteiger partial charge is 0.270 e. The number of ether oxygens (including phenoxy) is 1. The molecule has 1 aliphatic heterocycles. The van der Waals surface area contributed by atoms with E-state index in [0.29, 0.717) is 24.0 Å². The zero-order chi connectivity index (χ0) is 29.5. The van der Waals surface area contributed by atoms with Gasteiger partial charge < -0.3 is 34.8 Å². The molecule has 12 heteroatoms. The van der Waals surface area contributed by atoms with Crippen LogP contribution in [0.1, 0.15) is 49.5 Å². The lowest BCUT2D eigenvalue weighted by Crippen LogP contribution is -2.59. The summed E-state index contributed by atoms with van der Waals surface area (Å²) in [4.78, 5) is 43.4. The Balaban J connectivity index is 1.47. The molecule has 2 heterocycles. The standard InChI is InChI=1S/C29H41F2N5O5/c1-19(32-2)27(38)33-26(20-6-4-3-5-7-20)29(40)35-10-8-34(9-11-35)28(39)25-17-21-16-22(30)23(31)18-24(21)36(25)12-14-41-15-13-37/h16-20,26,32,37H,3-15H2,1-2H3,(H,33,38)/t19?,26-/m0/s1. The highest BCUT2D eigenvalue weighted by Crippen LogP contribution is 2.28. The van der Waals surface area contributed by atoms with Crippen molar-refractivity contribution in [3.63, 3.8) is 0 Å². The number of aliphatic hydroxyl groups is 1. The van der Waals surface area contributed by atoms with Gasteiger partial charge in [0.1, 0.15) is 11.7 Å². The maximum Gasteiger partial charge on any atom is 0.270 e. The summed E-state index contributed by atoms with van der Waals surface area (Å²) in [5.41, 5.74) is 0.640. The van der Waals surface area contributed by atoms with Crippen LogP contribution in [0.5, 0.6) is 0 Å². The van der Waals surface area contributed by atoms with Crippen LogP contribution in [0.15, 0.2) is 18.2 Å². The SMILES string of the molecule is CNC(C)C(=O)N[C@H](C(=O)N1CCN(C(=O)c2cc3cc(F)c(F)cc3n2CCOCCO)CC1)C1CCCCC1. The topological polar surface area (TPSA) is 116 Å². The van der Waals surface area contributed by atoms with Crippen molar-refractivity contribution >= 4 is 28.6 Å². The molecule has 4 rings (SSSR count). The Kier molecular flexibility index (Phi) is 10.7. The van der Waals surface area contributed by atoms with Gasteiger partial charge in [0.2, 0.25) is 11.8 Å². The molecule has 2 aromatic rings. The number of aliphatic hydroxyl groups excluding tert-OH is 1. The third-order valence-electron chi connectivity index (χ3n) is 8.25. The van der Waals surface area contributed by atoms with Gasteiger partial charge in [0.15, 0.2) is 11.6 Å². The number of aromatic nitrogens is 1. The highest BCUT2D eigenvalue weighted by molar-refractivity contribution is 5.99. The van der Waals surface area contributed by atoms with E-state index in [4.69, 9.17) is 9.84 Å². The molecule has 3 N–H and O–H groups in total. The number of carbonyl (C=O) groups is 3. The third-order valence-corrected chi connectivity index (χ3v) is 8.25. The van der Waals surface area contributed by atoms with Crippen LogP contribution in [-0.2, 0) is 20.9 Å². The number of nitrogens with zero attached hydrogens (tertiary/aromatic N) is 3. The molecule has 0 spiro atoms. The van der Waals surface area contributed by atoms with Crippen molar-refractivity contribution in [2.75, 3.05) is 53.0 Å². The zero-order valence-corrected chi connectivity index (χ0v) is 23.8. The van der Waals surface area contributed by atoms with E-state index in [1.807, 2.05) is 0 Å². The van der Waals surface area contributed by atoms with Gasteiger partial charge in [-0.05, 0) is 44.9 Å². The van der Waals surface area contributed by atoms with E-state index in [9.17, 15) is 23.2 Å². The first-order valence-electron chi connectivity index (χ1n) is 14.5. The number of nitrogens with one attached hydrogen (secondary N) is 2. The second kappa shape index (κ2) is 14.2. The van der Waals surface area contributed by atoms with E-state index in [2.05, 4.69) is 10.6 Å². The average Bonchev–Trinajstić information content (AvgIpc) is 3.34. The summed E-state index contributed by atoms with van der Waals surface area (Å²) in [6.07, 6.45) is 4.96. The van der Waals surface area contributed by atoms with Crippen LogP contribution in [-0.4, -0.2) is 102 Å². The number of hydrogen-bond acceptors (Lipinski definition) is 6. The van der Waals surface area contributed by atoms with E-state index in [1.54, 1.807) is 34.4 Å². The Labute approximate surface area is 239 Å². The summed E-state index contributed by atoms with van der Waals surface area (Å²) in [5.74, 6) is -2.58. The number of likely N-dealkylation sites (N-methyl/N-ethyl adjacent to an activating group) is 1. The first kappa shape index (κ1) is 30.9. The van der Waals surface area contributed by atoms with Gasteiger partial charge in [-0.2, -0.15) is 0 Å². The van der Waals surface area contributed by atoms with Crippen LogP contribution >= 0.6 is 0 Å². The summed E-state index contributed by atoms with van der Waals surface area (Å²) in [6.45, 7) is 3.31. The van der Waals surface area contributed by atoms with E-state index < -0.39 is 23.7 Å². The summed E-state index contributed by atoms with van der Waals surface area (Å²) in [6, 6.07) is 2.65. The van der Waals surface area contributed by atoms with Crippen molar-refractivity contribution in [3.8, 4) is 0 Å². The maximum atomic E-state index is 14.1. The quantitative estimate of drug-likeness (QED) is 0.352. The molecule has 1 aromatic heterocycles. The van der Waals surface area contributed by atoms with Crippen molar-refractivity contribution in [1.29, 1.82) is 0 Å². The van der Waals surface area contributed by atoms with Gasteiger partial charge in [-0.1, -0.05) is 19.3 Å². The molecular weight excluding hydrogens is 536 g/mol. The first-order valence-corrected chi connectivity index (χ1v) is 14.5. The minimum Gasteiger partial charge on any atom is -0.394 e. The number of benzene rings is 1. The predicted molar refractivity (Wildman–Crippen MR) is 149 cm³/mol. The van der Waals surface area contributed by atoms with Crippen molar-refractivity contribution in [2.24, 2.45) is 5.92 Å². The molecule has 2 aliphatic rings. The fraction of sp³-hybridized carbons (Fsp3) is 0.621. The van der Waals surface area contributed by atoms with Crippen LogP contribution in [0.3, 0.4) is 0 Å². The summed E-state index contributed by atoms with van der Waals surface area (Å²) < 4.78 is 35.0. The molecule has 0 bridgehead atoms. The van der Waals surface area contributed by atoms with Crippen LogP contribution in [0.4, 0.5) is 8.78 Å². The Bertz CT molecular complexity index is 1220. The summed E-state index contributed by atoms with van der Waals surface area (Å²) in [5, 5.41) is 15.3. The highest BCUT2D eigenvalue weighted by atomic mass is 19.2. The summed E-state index contributed by atoms with van der Waals surface area (Å²) >= 11 is 0. The lowest BCUT2D eigenvalue weighted by molar-refractivity contribution is -0.140. The number of halogens is 2. The van der Waals surface area contributed by atoms with Gasteiger partial charge in [0.25, 0.3) is 5.91 Å². The Hall–Kier alpha value is -3.09. The van der Waals surface area contributed by atoms with Gasteiger partial charge in [-0.15, -0.1) is 0 Å². The molecule has 226 valence electrons. The minimum absolute atomic E-state index is 0.0773. The van der Waals surface area contributed by atoms with Gasteiger partial charge in [0, 0.05) is 44.2 Å². The second-order valence-electron chi connectivity index (χ2n) is 10.9. The van der Waals surface area contributed by atoms with Gasteiger partial charge in [0.05, 0.1) is 31.4 Å². The maximum absolute atomic E-state index is 14.1. The molecule has 0 radical (unpaired) electrons. The first-order chi connectivity index (χ1) is 19.7. The predicted octanol–water partition coefficient (Wildman–Crippen LogP) is 1.89. The molecule has 1 unspecified atom stereocenters. The molecule has 10 nitrogen and oxygen atoms in total. The van der Waals surface area contributed by atoms with E-state index >= 15 is 0 Å². The Morgan fingerprint density at radius 3 is 2.32 bits per heavy atom. The molecule has 1 saturated carbocycles. The molecular formula is C29H41F2N5O5. The van der Waals surface area contributed by atoms with Crippen LogP contribution in [0.25, 0.3) is 10.9 Å². The fourth-order valence-corrected chi connectivity index (χ4v) is 5.74. The van der Waals surface area contributed by atoms with Crippen LogP contribution in [0, 0.1) is 17.6 Å². The van der Waals surface area contributed by atoms with Crippen molar-refractivity contribution in [2.45, 2.75) is 57.7 Å². The van der Waals surface area contributed by atoms with Crippen LogP contribution < -0.4 is 10.6 Å². The lowest BCUT2D eigenvalue weighted by Gasteiger charge is -2.39. The highest BCUT2D eigenvalue weighted by Gasteiger charge is 2.36. The number of piperazine rings is 1. The van der Waals surface area contributed by atoms with Crippen molar-refractivity contribution < 1.29 is 33.0 Å². The number of carbonyl (C=O) groups excluding carboxylic acids is 3. The third kappa shape index (κ3) is 7.22. The Morgan fingerprint density at radius 1 is 1.00 bits per heavy atom. The normalized spacial score (nSPS) is 18.0. The van der Waals surface area contributed by atoms with Crippen molar-refractivity contribution in [1.82, 2.24) is 25.0 Å². The van der Waals surface area contributed by atoms with Crippen molar-refractivity contribution in [3.05, 3.63) is 35.5 Å². The largest absolute Gasteiger partial charge is 0.394 e. The molecule has 3 amide bonds. The Morgan fingerprint density at radius 2 is 1.66 bits per heavy atom. The number of amides is 3. The monoisotopic (exact) mass is 577 g/mol. The van der Waals surface area contributed by atoms with Gasteiger partial charge in [-0.3, -0.25) is 14.4 Å². The molecule has 1 saturated heterocycles. The lowest BCUT2D eigenvalue weighted by atomic mass is 9.83. The molecule has 2 atom stereocenters. The minimum atomic E-state index is -1.01. The number of rotatable bonds is 11. The molecule has 2 fully saturated rings. The number of hydrogen-bond donors (Lipinski definition) is 3. The second-order valence-corrected chi connectivity index (χ2v) is 10.9. The fourth-order valence-electron chi connectivity index (χ4n) is 5.74. The summed E-state index contributed by atoms with van der Waals surface area (Å²) in [7, 11) is 1.70. The van der Waals surface area contributed by atoms with Gasteiger partial charge in [-0.25, -0.2) is 8.78 Å². The van der Waals surface area contributed by atoms with E-state index in [1.165, 1.54) is 0 Å². The van der Waals surface area contributed by atoms with Gasteiger partial charge >= 0.3 is 0 Å². The van der Waals surface area contributed by atoms with E-state index in [0.717, 1.165) is 44.2 Å². The molecule has 1 aliphatic carbocycles. The molecule has 1 aromatic carbocycles.